The predicted octanol–water partition coefficient (Wildman–Crippen LogP) is 1.98. The van der Waals surface area contributed by atoms with Crippen molar-refractivity contribution in [2.24, 2.45) is 0 Å². The molecule has 0 atom stereocenters. The first-order valence-electron chi connectivity index (χ1n) is 11.2. The van der Waals surface area contributed by atoms with Gasteiger partial charge in [-0.05, 0) is 49.0 Å². The fourth-order valence-corrected chi connectivity index (χ4v) is 4.44. The molecule has 11 nitrogen and oxygen atoms in total. The van der Waals surface area contributed by atoms with E-state index in [1.165, 1.54) is 31.3 Å². The van der Waals surface area contributed by atoms with Crippen LogP contribution in [-0.2, 0) is 21.3 Å². The summed E-state index contributed by atoms with van der Waals surface area (Å²) in [6.07, 6.45) is 0. The van der Waals surface area contributed by atoms with Gasteiger partial charge in [-0.1, -0.05) is 12.1 Å². The number of rotatable bonds is 7. The molecule has 13 heteroatoms. The Morgan fingerprint density at radius 1 is 0.972 bits per heavy atom. The highest BCUT2D eigenvalue weighted by molar-refractivity contribution is 7.89. The van der Waals surface area contributed by atoms with Crippen molar-refractivity contribution in [3.05, 3.63) is 59.9 Å². The van der Waals surface area contributed by atoms with E-state index in [1.54, 1.807) is 24.3 Å². The molecule has 1 aliphatic heterocycles. The third-order valence-electron chi connectivity index (χ3n) is 5.67. The monoisotopic (exact) mass is 510 g/mol. The minimum atomic E-state index is -3.50. The van der Waals surface area contributed by atoms with Crippen LogP contribution in [0.1, 0.15) is 5.56 Å². The maximum Gasteiger partial charge on any atom is 0.240 e. The van der Waals surface area contributed by atoms with Gasteiger partial charge < -0.3 is 15.0 Å². The van der Waals surface area contributed by atoms with Gasteiger partial charge in [-0.15, -0.1) is 10.2 Å². The molecule has 186 valence electrons. The molecule has 0 bridgehead atoms. The van der Waals surface area contributed by atoms with Crippen molar-refractivity contribution in [3.8, 4) is 11.4 Å². The van der Waals surface area contributed by atoms with Crippen molar-refractivity contribution in [2.75, 3.05) is 43.6 Å². The SMILES string of the molecule is CNS(=O)(=O)c1ccc(CNc2nc(N3CCOCC3)c3nc(-c4ccc(F)cc4)nnc3n2)cc1. The number of halogens is 1. The molecular weight excluding hydrogens is 487 g/mol. The molecule has 2 aromatic carbocycles. The van der Waals surface area contributed by atoms with Crippen LogP contribution in [0.5, 0.6) is 0 Å². The fraction of sp³-hybridized carbons (Fsp3) is 0.261. The molecule has 0 amide bonds. The number of anilines is 2. The normalized spacial score (nSPS) is 14.2. The van der Waals surface area contributed by atoms with Crippen LogP contribution in [0, 0.1) is 5.82 Å². The molecule has 1 aliphatic rings. The maximum atomic E-state index is 13.4. The van der Waals surface area contributed by atoms with E-state index in [-0.39, 0.29) is 10.7 Å². The molecule has 1 fully saturated rings. The second-order valence-electron chi connectivity index (χ2n) is 7.99. The van der Waals surface area contributed by atoms with Crippen LogP contribution in [0.15, 0.2) is 53.4 Å². The summed E-state index contributed by atoms with van der Waals surface area (Å²) in [6, 6.07) is 12.4. The van der Waals surface area contributed by atoms with Crippen LogP contribution in [-0.4, -0.2) is 66.9 Å². The van der Waals surface area contributed by atoms with E-state index in [9.17, 15) is 12.8 Å². The van der Waals surface area contributed by atoms with Gasteiger partial charge in [-0.25, -0.2) is 22.5 Å². The summed E-state index contributed by atoms with van der Waals surface area (Å²) >= 11 is 0. The number of sulfonamides is 1. The number of morpholine rings is 1. The number of fused-ring (bicyclic) bond motifs is 1. The van der Waals surface area contributed by atoms with E-state index in [1.807, 2.05) is 0 Å². The van der Waals surface area contributed by atoms with Crippen molar-refractivity contribution in [3.63, 3.8) is 0 Å². The van der Waals surface area contributed by atoms with Gasteiger partial charge in [0.2, 0.25) is 21.6 Å². The Hall–Kier alpha value is -3.81. The van der Waals surface area contributed by atoms with E-state index in [0.717, 1.165) is 5.56 Å². The summed E-state index contributed by atoms with van der Waals surface area (Å²) in [5.74, 6) is 0.929. The maximum absolute atomic E-state index is 13.4. The lowest BCUT2D eigenvalue weighted by Gasteiger charge is -2.28. The van der Waals surface area contributed by atoms with Gasteiger partial charge in [0.1, 0.15) is 5.82 Å². The molecule has 0 aliphatic carbocycles. The first-order valence-corrected chi connectivity index (χ1v) is 12.7. The van der Waals surface area contributed by atoms with Crippen LogP contribution in [0.2, 0.25) is 0 Å². The summed E-state index contributed by atoms with van der Waals surface area (Å²) in [4.78, 5) is 16.1. The molecule has 0 spiro atoms. The number of nitrogens with zero attached hydrogens (tertiary/aromatic N) is 6. The van der Waals surface area contributed by atoms with Crippen molar-refractivity contribution >= 4 is 33.0 Å². The number of benzene rings is 2. The molecule has 36 heavy (non-hydrogen) atoms. The highest BCUT2D eigenvalue weighted by Crippen LogP contribution is 2.26. The zero-order valence-corrected chi connectivity index (χ0v) is 20.2. The van der Waals surface area contributed by atoms with Gasteiger partial charge in [0.15, 0.2) is 17.2 Å². The molecule has 2 N–H and O–H groups in total. The minimum absolute atomic E-state index is 0.184. The van der Waals surface area contributed by atoms with Crippen LogP contribution in [0.4, 0.5) is 16.2 Å². The zero-order chi connectivity index (χ0) is 25.1. The third-order valence-corrected chi connectivity index (χ3v) is 7.10. The van der Waals surface area contributed by atoms with E-state index < -0.39 is 10.0 Å². The number of nitrogens with one attached hydrogen (secondary N) is 2. The molecule has 3 heterocycles. The van der Waals surface area contributed by atoms with Crippen LogP contribution >= 0.6 is 0 Å². The van der Waals surface area contributed by atoms with Gasteiger partial charge >= 0.3 is 0 Å². The molecular formula is C23H23FN8O3S. The van der Waals surface area contributed by atoms with Crippen LogP contribution < -0.4 is 14.9 Å². The Bertz CT molecular complexity index is 1480. The van der Waals surface area contributed by atoms with Crippen molar-refractivity contribution in [2.45, 2.75) is 11.4 Å². The highest BCUT2D eigenvalue weighted by atomic mass is 32.2. The van der Waals surface area contributed by atoms with Gasteiger partial charge in [-0.3, -0.25) is 0 Å². The number of aromatic nitrogens is 5. The third kappa shape index (κ3) is 5.08. The summed E-state index contributed by atoms with van der Waals surface area (Å²) in [5, 5.41) is 11.6. The number of ether oxygens (including phenoxy) is 1. The molecule has 4 aromatic rings. The van der Waals surface area contributed by atoms with Crippen molar-refractivity contribution < 1.29 is 17.5 Å². The Balaban J connectivity index is 1.46. The Labute approximate surface area is 206 Å². The Morgan fingerprint density at radius 3 is 2.39 bits per heavy atom. The van der Waals surface area contributed by atoms with Crippen LogP contribution in [0.3, 0.4) is 0 Å². The van der Waals surface area contributed by atoms with Crippen molar-refractivity contribution in [1.82, 2.24) is 29.9 Å². The predicted molar refractivity (Wildman–Crippen MR) is 131 cm³/mol. The van der Waals surface area contributed by atoms with E-state index >= 15 is 0 Å². The van der Waals surface area contributed by atoms with E-state index in [4.69, 9.17) is 9.72 Å². The quantitative estimate of drug-likeness (QED) is 0.380. The first-order chi connectivity index (χ1) is 17.4. The fourth-order valence-electron chi connectivity index (χ4n) is 3.71. The average Bonchev–Trinajstić information content (AvgIpc) is 2.92. The minimum Gasteiger partial charge on any atom is -0.378 e. The van der Waals surface area contributed by atoms with Crippen molar-refractivity contribution in [1.29, 1.82) is 0 Å². The lowest BCUT2D eigenvalue weighted by atomic mass is 10.2. The molecule has 0 radical (unpaired) electrons. The summed E-state index contributed by atoms with van der Waals surface area (Å²) in [5.41, 5.74) is 2.27. The van der Waals surface area contributed by atoms with Crippen LogP contribution in [0.25, 0.3) is 22.6 Å². The second kappa shape index (κ2) is 10.0. The topological polar surface area (TPSA) is 135 Å². The smallest absolute Gasteiger partial charge is 0.240 e. The Kier molecular flexibility index (Phi) is 6.67. The zero-order valence-electron chi connectivity index (χ0n) is 19.3. The molecule has 1 saturated heterocycles. The molecule has 0 saturated carbocycles. The summed E-state index contributed by atoms with van der Waals surface area (Å²) in [6.45, 7) is 2.73. The lowest BCUT2D eigenvalue weighted by molar-refractivity contribution is 0.122. The van der Waals surface area contributed by atoms with Gasteiger partial charge in [0.05, 0.1) is 18.1 Å². The standard InChI is InChI=1S/C23H23FN8O3S/c1-25-36(33,34)18-8-2-15(3-9-18)14-26-23-28-21-19(22(29-23)32-10-12-35-13-11-32)27-20(30-31-21)16-4-6-17(24)7-5-16/h2-9,25H,10-14H2,1H3,(H,26,28,29,31). The largest absolute Gasteiger partial charge is 0.378 e. The highest BCUT2D eigenvalue weighted by Gasteiger charge is 2.20. The molecule has 5 rings (SSSR count). The summed E-state index contributed by atoms with van der Waals surface area (Å²) < 4.78 is 45.0. The van der Waals surface area contributed by atoms with Gasteiger partial charge in [0.25, 0.3) is 0 Å². The van der Waals surface area contributed by atoms with E-state index in [0.29, 0.717) is 67.2 Å². The molecule has 2 aromatic heterocycles. The van der Waals surface area contributed by atoms with E-state index in [2.05, 4.69) is 35.1 Å². The summed E-state index contributed by atoms with van der Waals surface area (Å²) in [7, 11) is -2.13. The second-order valence-corrected chi connectivity index (χ2v) is 9.88. The van der Waals surface area contributed by atoms with Gasteiger partial charge in [0, 0.05) is 25.2 Å². The number of hydrogen-bond acceptors (Lipinski definition) is 10. The average molecular weight is 511 g/mol. The van der Waals surface area contributed by atoms with Gasteiger partial charge in [-0.2, -0.15) is 9.97 Å². The molecule has 0 unspecified atom stereocenters. The Morgan fingerprint density at radius 2 is 1.69 bits per heavy atom. The first kappa shape index (κ1) is 23.9. The lowest BCUT2D eigenvalue weighted by Crippen LogP contribution is -2.37. The number of hydrogen-bond donors (Lipinski definition) is 2.